The molecule has 0 atom stereocenters. The maximum absolute atomic E-state index is 11.1. The van der Waals surface area contributed by atoms with Gasteiger partial charge in [-0.2, -0.15) is 0 Å². The Labute approximate surface area is 186 Å². The molecule has 0 aromatic rings. The van der Waals surface area contributed by atoms with E-state index in [2.05, 4.69) is 13.5 Å². The Balaban J connectivity index is 0. The molecule has 0 aromatic carbocycles. The van der Waals surface area contributed by atoms with E-state index < -0.39 is 5.97 Å². The molecule has 0 amide bonds. The van der Waals surface area contributed by atoms with Crippen LogP contribution >= 0.6 is 0 Å². The summed E-state index contributed by atoms with van der Waals surface area (Å²) in [7, 11) is 0. The van der Waals surface area contributed by atoms with Gasteiger partial charge in [0.15, 0.2) is 0 Å². The Bertz CT molecular complexity index is 379. The van der Waals surface area contributed by atoms with Gasteiger partial charge in [-0.3, -0.25) is 9.59 Å². The second-order valence-corrected chi connectivity index (χ2v) is 8.14. The summed E-state index contributed by atoms with van der Waals surface area (Å²) < 4.78 is 5.10. The van der Waals surface area contributed by atoms with Crippen LogP contribution in [0.15, 0.2) is 12.7 Å². The zero-order chi connectivity index (χ0) is 22.7. The lowest BCUT2D eigenvalue weighted by atomic mass is 10.1. The molecule has 1 N–H and O–H groups in total. The average Bonchev–Trinajstić information content (AvgIpc) is 2.72. The average molecular weight is 427 g/mol. The first-order valence-electron chi connectivity index (χ1n) is 12.6. The van der Waals surface area contributed by atoms with Crippen molar-refractivity contribution in [2.45, 2.75) is 136 Å². The number of hydrogen-bond acceptors (Lipinski definition) is 3. The van der Waals surface area contributed by atoms with Crippen molar-refractivity contribution in [1.82, 2.24) is 0 Å². The molecule has 0 unspecified atom stereocenters. The van der Waals surface area contributed by atoms with Gasteiger partial charge in [0.2, 0.25) is 0 Å². The highest BCUT2D eigenvalue weighted by Crippen LogP contribution is 2.10. The van der Waals surface area contributed by atoms with Crippen LogP contribution < -0.4 is 0 Å². The van der Waals surface area contributed by atoms with Gasteiger partial charge < -0.3 is 9.84 Å². The molecule has 30 heavy (non-hydrogen) atoms. The van der Waals surface area contributed by atoms with Crippen molar-refractivity contribution in [3.05, 3.63) is 12.7 Å². The van der Waals surface area contributed by atoms with Gasteiger partial charge >= 0.3 is 11.9 Å². The van der Waals surface area contributed by atoms with E-state index in [4.69, 9.17) is 9.84 Å². The second-order valence-electron chi connectivity index (χ2n) is 8.14. The molecule has 0 saturated heterocycles. The zero-order valence-corrected chi connectivity index (χ0v) is 20.1. The lowest BCUT2D eigenvalue weighted by Gasteiger charge is -2.04. The second kappa shape index (κ2) is 27.7. The smallest absolute Gasteiger partial charge is 0.305 e. The van der Waals surface area contributed by atoms with Gasteiger partial charge in [0.05, 0.1) is 6.61 Å². The predicted molar refractivity (Wildman–Crippen MR) is 128 cm³/mol. The van der Waals surface area contributed by atoms with Gasteiger partial charge in [0.25, 0.3) is 0 Å². The van der Waals surface area contributed by atoms with E-state index in [1.165, 1.54) is 77.0 Å². The van der Waals surface area contributed by atoms with Crippen molar-refractivity contribution in [3.8, 4) is 0 Å². The van der Waals surface area contributed by atoms with Crippen LogP contribution in [0.4, 0.5) is 0 Å². The molecule has 0 bridgehead atoms. The number of ether oxygens (including phenoxy) is 1. The molecule has 4 nitrogen and oxygen atoms in total. The van der Waals surface area contributed by atoms with E-state index in [0.29, 0.717) is 19.4 Å². The Hall–Kier alpha value is -1.32. The van der Waals surface area contributed by atoms with E-state index in [1.54, 1.807) is 0 Å². The molecule has 0 spiro atoms. The lowest BCUT2D eigenvalue weighted by Crippen LogP contribution is -2.04. The number of allylic oxidation sites excluding steroid dienone is 1. The summed E-state index contributed by atoms with van der Waals surface area (Å²) in [6.45, 7) is 8.53. The summed E-state index contributed by atoms with van der Waals surface area (Å²) in [6, 6.07) is 0. The number of unbranched alkanes of at least 4 members (excludes halogenated alkanes) is 14. The van der Waals surface area contributed by atoms with Crippen LogP contribution in [-0.4, -0.2) is 23.7 Å². The van der Waals surface area contributed by atoms with Crippen molar-refractivity contribution in [1.29, 1.82) is 0 Å². The summed E-state index contributed by atoms with van der Waals surface area (Å²) in [5.41, 5.74) is 0. The Kier molecular flexibility index (Phi) is 28.5. The summed E-state index contributed by atoms with van der Waals surface area (Å²) >= 11 is 0. The summed E-state index contributed by atoms with van der Waals surface area (Å²) in [5, 5.41) is 8.38. The lowest BCUT2D eigenvalue weighted by molar-refractivity contribution is -0.143. The van der Waals surface area contributed by atoms with Gasteiger partial charge in [-0.25, -0.2) is 0 Å². The minimum absolute atomic E-state index is 0.0351. The Morgan fingerprint density at radius 3 is 1.70 bits per heavy atom. The monoisotopic (exact) mass is 426 g/mol. The van der Waals surface area contributed by atoms with E-state index in [-0.39, 0.29) is 5.97 Å². The minimum atomic E-state index is -0.674. The molecule has 0 aliphatic carbocycles. The number of carboxylic acid groups (broad SMARTS) is 1. The predicted octanol–water partition coefficient (Wildman–Crippen LogP) is 8.24. The number of aliphatic carboxylic acids is 1. The van der Waals surface area contributed by atoms with Crippen molar-refractivity contribution in [3.63, 3.8) is 0 Å². The van der Waals surface area contributed by atoms with E-state index in [0.717, 1.165) is 32.1 Å². The number of carboxylic acids is 1. The topological polar surface area (TPSA) is 63.6 Å². The van der Waals surface area contributed by atoms with Gasteiger partial charge in [0.1, 0.15) is 0 Å². The number of esters is 1. The molecule has 0 radical (unpaired) electrons. The standard InChI is InChI=1S/C15H30O2.C11H20O2/c1-3-5-6-7-8-9-10-11-12-14-17-15(16)13-4-2;1-2-3-4-5-6-7-8-9-10-11(12)13/h3-14H2,1-2H3;2H,1,3-10H2,(H,12,13). The molecule has 178 valence electrons. The molecule has 0 aromatic heterocycles. The van der Waals surface area contributed by atoms with E-state index in [1.807, 2.05) is 13.0 Å². The SMILES string of the molecule is C=CCCCCCCCCC(=O)O.CCCCCCCCCCCOC(=O)CCC. The van der Waals surface area contributed by atoms with Crippen LogP contribution in [0.5, 0.6) is 0 Å². The quantitative estimate of drug-likeness (QED) is 0.114. The van der Waals surface area contributed by atoms with Crippen LogP contribution in [0.1, 0.15) is 136 Å². The third-order valence-electron chi connectivity index (χ3n) is 5.01. The van der Waals surface area contributed by atoms with Crippen LogP contribution in [0.25, 0.3) is 0 Å². The number of rotatable bonds is 21. The highest BCUT2D eigenvalue weighted by molar-refractivity contribution is 5.69. The Morgan fingerprint density at radius 1 is 0.700 bits per heavy atom. The third-order valence-corrected chi connectivity index (χ3v) is 5.01. The number of carbonyl (C=O) groups excluding carboxylic acids is 1. The highest BCUT2D eigenvalue weighted by atomic mass is 16.5. The van der Waals surface area contributed by atoms with Gasteiger partial charge in [-0.15, -0.1) is 6.58 Å². The zero-order valence-electron chi connectivity index (χ0n) is 20.1. The molecule has 0 aliphatic heterocycles. The van der Waals surface area contributed by atoms with Crippen LogP contribution in [0.3, 0.4) is 0 Å². The number of carbonyl (C=O) groups is 2. The normalized spacial score (nSPS) is 10.2. The van der Waals surface area contributed by atoms with Crippen molar-refractivity contribution >= 4 is 11.9 Å². The minimum Gasteiger partial charge on any atom is -0.481 e. The first kappa shape index (κ1) is 30.9. The fourth-order valence-electron chi connectivity index (χ4n) is 3.15. The molecular weight excluding hydrogens is 376 g/mol. The third kappa shape index (κ3) is 31.4. The molecule has 0 saturated carbocycles. The van der Waals surface area contributed by atoms with Crippen molar-refractivity contribution < 1.29 is 19.4 Å². The summed E-state index contributed by atoms with van der Waals surface area (Å²) in [6.07, 6.45) is 23.3. The highest BCUT2D eigenvalue weighted by Gasteiger charge is 1.99. The van der Waals surface area contributed by atoms with Gasteiger partial charge in [-0.05, 0) is 32.1 Å². The summed E-state index contributed by atoms with van der Waals surface area (Å²) in [4.78, 5) is 21.2. The van der Waals surface area contributed by atoms with Crippen LogP contribution in [0, 0.1) is 0 Å². The first-order valence-corrected chi connectivity index (χ1v) is 12.6. The fraction of sp³-hybridized carbons (Fsp3) is 0.846. The molecule has 4 heteroatoms. The largest absolute Gasteiger partial charge is 0.481 e. The van der Waals surface area contributed by atoms with Crippen molar-refractivity contribution in [2.24, 2.45) is 0 Å². The molecule has 0 rings (SSSR count). The van der Waals surface area contributed by atoms with Gasteiger partial charge in [0, 0.05) is 12.8 Å². The van der Waals surface area contributed by atoms with E-state index >= 15 is 0 Å². The van der Waals surface area contributed by atoms with Gasteiger partial charge in [-0.1, -0.05) is 97.0 Å². The Morgan fingerprint density at radius 2 is 1.20 bits per heavy atom. The maximum atomic E-state index is 11.1. The van der Waals surface area contributed by atoms with Crippen LogP contribution in [-0.2, 0) is 14.3 Å². The number of hydrogen-bond donors (Lipinski definition) is 1. The summed E-state index contributed by atoms with van der Waals surface area (Å²) in [5.74, 6) is -0.710. The van der Waals surface area contributed by atoms with Crippen molar-refractivity contribution in [2.75, 3.05) is 6.61 Å². The van der Waals surface area contributed by atoms with Crippen LogP contribution in [0.2, 0.25) is 0 Å². The molecule has 0 aliphatic rings. The first-order chi connectivity index (χ1) is 14.6. The fourth-order valence-corrected chi connectivity index (χ4v) is 3.15. The maximum Gasteiger partial charge on any atom is 0.305 e. The molecule has 0 fully saturated rings. The molecular formula is C26H50O4. The van der Waals surface area contributed by atoms with E-state index in [9.17, 15) is 9.59 Å². The molecule has 0 heterocycles.